The number of halogens is 5. The van der Waals surface area contributed by atoms with E-state index in [-0.39, 0.29) is 5.56 Å². The van der Waals surface area contributed by atoms with Crippen LogP contribution in [0.5, 0.6) is 0 Å². The van der Waals surface area contributed by atoms with Crippen molar-refractivity contribution in [2.45, 2.75) is 12.2 Å². The predicted molar refractivity (Wildman–Crippen MR) is 57.6 cm³/mol. The highest BCUT2D eigenvalue weighted by Crippen LogP contribution is 2.34. The molecule has 0 saturated carbocycles. The number of nitrogens with zero attached hydrogens (tertiary/aromatic N) is 1. The van der Waals surface area contributed by atoms with E-state index in [2.05, 4.69) is 20.9 Å². The van der Waals surface area contributed by atoms with Gasteiger partial charge in [0.15, 0.2) is 0 Å². The first-order valence-corrected chi connectivity index (χ1v) is 5.33. The Morgan fingerprint density at radius 2 is 2.07 bits per heavy atom. The fraction of sp³-hybridized carbons (Fsp3) is 0.286. The first kappa shape index (κ1) is 12.2. The molecule has 7 heteroatoms. The summed E-state index contributed by atoms with van der Waals surface area (Å²) in [6, 6.07) is -0.696. The van der Waals surface area contributed by atoms with E-state index < -0.39 is 12.2 Å². The molecule has 2 nitrogen and oxygen atoms in total. The zero-order valence-corrected chi connectivity index (χ0v) is 10.4. The molecule has 1 aromatic rings. The lowest BCUT2D eigenvalue weighted by atomic mass is 10.1. The lowest BCUT2D eigenvalue weighted by Gasteiger charge is -2.17. The van der Waals surface area contributed by atoms with Crippen LogP contribution in [0.4, 0.5) is 13.2 Å². The fourth-order valence-corrected chi connectivity index (χ4v) is 1.85. The van der Waals surface area contributed by atoms with Crippen LogP contribution in [0.2, 0.25) is 0 Å². The van der Waals surface area contributed by atoms with E-state index in [1.54, 1.807) is 22.6 Å². The largest absolute Gasteiger partial charge is 0.407 e. The number of pyridine rings is 1. The average molecular weight is 381 g/mol. The van der Waals surface area contributed by atoms with Crippen LogP contribution in [-0.4, -0.2) is 11.2 Å². The maximum atomic E-state index is 12.3. The van der Waals surface area contributed by atoms with Crippen LogP contribution in [-0.2, 0) is 0 Å². The number of rotatable bonds is 1. The molecule has 2 N–H and O–H groups in total. The van der Waals surface area contributed by atoms with Crippen molar-refractivity contribution in [2.75, 3.05) is 0 Å². The van der Waals surface area contributed by atoms with Gasteiger partial charge in [0.2, 0.25) is 0 Å². The number of aromatic nitrogens is 1. The van der Waals surface area contributed by atoms with Gasteiger partial charge in [0.05, 0.1) is 3.57 Å². The van der Waals surface area contributed by atoms with Gasteiger partial charge >= 0.3 is 6.18 Å². The van der Waals surface area contributed by atoms with Gasteiger partial charge in [-0.1, -0.05) is 0 Å². The van der Waals surface area contributed by atoms with Gasteiger partial charge in [-0.15, -0.1) is 0 Å². The highest BCUT2D eigenvalue weighted by atomic mass is 127. The van der Waals surface area contributed by atoms with E-state index in [1.165, 1.54) is 12.3 Å². The molecular formula is C7H5BrF3IN2. The minimum Gasteiger partial charge on any atom is -0.316 e. The second-order valence-electron chi connectivity index (χ2n) is 2.52. The van der Waals surface area contributed by atoms with E-state index in [1.807, 2.05) is 0 Å². The summed E-state index contributed by atoms with van der Waals surface area (Å²) in [5, 5.41) is 0. The molecule has 14 heavy (non-hydrogen) atoms. The predicted octanol–water partition coefficient (Wildman–Crippen LogP) is 3.01. The van der Waals surface area contributed by atoms with E-state index in [0.29, 0.717) is 8.17 Å². The Kier molecular flexibility index (Phi) is 3.75. The minimum absolute atomic E-state index is 0.0278. The van der Waals surface area contributed by atoms with Gasteiger partial charge < -0.3 is 5.73 Å². The molecule has 0 unspecified atom stereocenters. The summed E-state index contributed by atoms with van der Waals surface area (Å²) >= 11 is 4.81. The Bertz CT molecular complexity index is 342. The highest BCUT2D eigenvalue weighted by Gasteiger charge is 2.39. The van der Waals surface area contributed by atoms with Crippen molar-refractivity contribution < 1.29 is 13.2 Å². The van der Waals surface area contributed by atoms with Gasteiger partial charge in [0.1, 0.15) is 10.6 Å². The smallest absolute Gasteiger partial charge is 0.316 e. The van der Waals surface area contributed by atoms with Crippen molar-refractivity contribution in [1.29, 1.82) is 0 Å². The Balaban J connectivity index is 3.14. The highest BCUT2D eigenvalue weighted by molar-refractivity contribution is 14.1. The average Bonchev–Trinajstić information content (AvgIpc) is 2.07. The SMILES string of the molecule is N[C@H](c1ccnc(Br)c1I)C(F)(F)F. The molecular weight excluding hydrogens is 376 g/mol. The van der Waals surface area contributed by atoms with E-state index in [9.17, 15) is 13.2 Å². The van der Waals surface area contributed by atoms with E-state index in [4.69, 9.17) is 5.73 Å². The molecule has 0 radical (unpaired) electrons. The van der Waals surface area contributed by atoms with Crippen LogP contribution in [0.25, 0.3) is 0 Å². The molecule has 78 valence electrons. The molecule has 0 bridgehead atoms. The van der Waals surface area contributed by atoms with E-state index >= 15 is 0 Å². The van der Waals surface area contributed by atoms with Crippen molar-refractivity contribution in [3.05, 3.63) is 26.0 Å². The van der Waals surface area contributed by atoms with Crippen LogP contribution in [0.1, 0.15) is 11.6 Å². The molecule has 0 aromatic carbocycles. The zero-order valence-electron chi connectivity index (χ0n) is 6.65. The third kappa shape index (κ3) is 2.57. The molecule has 0 amide bonds. The minimum atomic E-state index is -4.43. The van der Waals surface area contributed by atoms with Crippen molar-refractivity contribution in [1.82, 2.24) is 4.98 Å². The normalized spacial score (nSPS) is 14.1. The molecule has 1 atom stereocenters. The van der Waals surface area contributed by atoms with Crippen molar-refractivity contribution in [2.24, 2.45) is 5.73 Å². The van der Waals surface area contributed by atoms with Gasteiger partial charge in [-0.05, 0) is 50.2 Å². The fourth-order valence-electron chi connectivity index (χ4n) is 0.848. The molecule has 1 heterocycles. The zero-order chi connectivity index (χ0) is 10.9. The Morgan fingerprint density at radius 1 is 1.50 bits per heavy atom. The number of hydrogen-bond donors (Lipinski definition) is 1. The summed E-state index contributed by atoms with van der Waals surface area (Å²) in [7, 11) is 0. The van der Waals surface area contributed by atoms with Gasteiger partial charge in [0, 0.05) is 6.20 Å². The van der Waals surface area contributed by atoms with Crippen LogP contribution in [0.15, 0.2) is 16.9 Å². The Hall–Kier alpha value is 0.110. The molecule has 0 aliphatic rings. The summed E-state index contributed by atoms with van der Waals surface area (Å²) in [5.74, 6) is 0. The summed E-state index contributed by atoms with van der Waals surface area (Å²) in [6.07, 6.45) is -3.14. The Morgan fingerprint density at radius 3 is 2.57 bits per heavy atom. The molecule has 1 aromatic heterocycles. The second kappa shape index (κ2) is 4.31. The summed E-state index contributed by atoms with van der Waals surface area (Å²) in [4.78, 5) is 3.79. The van der Waals surface area contributed by atoms with Crippen LogP contribution < -0.4 is 5.73 Å². The van der Waals surface area contributed by atoms with E-state index in [0.717, 1.165) is 0 Å². The topological polar surface area (TPSA) is 38.9 Å². The van der Waals surface area contributed by atoms with Gasteiger partial charge in [-0.2, -0.15) is 13.2 Å². The maximum absolute atomic E-state index is 12.3. The third-order valence-electron chi connectivity index (χ3n) is 1.56. The third-order valence-corrected chi connectivity index (χ3v) is 4.04. The van der Waals surface area contributed by atoms with Gasteiger partial charge in [-0.3, -0.25) is 0 Å². The second-order valence-corrected chi connectivity index (χ2v) is 4.35. The van der Waals surface area contributed by atoms with Crippen LogP contribution >= 0.6 is 38.5 Å². The molecule has 0 aliphatic carbocycles. The molecule has 0 saturated heterocycles. The van der Waals surface area contributed by atoms with Crippen molar-refractivity contribution >= 4 is 38.5 Å². The van der Waals surface area contributed by atoms with Crippen molar-refractivity contribution in [3.63, 3.8) is 0 Å². The number of hydrogen-bond acceptors (Lipinski definition) is 2. The standard InChI is InChI=1S/C7H5BrF3IN2/c8-6-4(12)3(1-2-14-6)5(13)7(9,10)11/h1-2,5H,13H2/t5-/m1/s1. The lowest BCUT2D eigenvalue weighted by molar-refractivity contribution is -0.149. The molecule has 0 spiro atoms. The molecule has 0 fully saturated rings. The summed E-state index contributed by atoms with van der Waals surface area (Å²) < 4.78 is 37.6. The number of nitrogens with two attached hydrogens (primary N) is 1. The number of alkyl halides is 3. The lowest BCUT2D eigenvalue weighted by Crippen LogP contribution is -2.29. The first-order chi connectivity index (χ1) is 6.34. The van der Waals surface area contributed by atoms with Gasteiger partial charge in [-0.25, -0.2) is 4.98 Å². The maximum Gasteiger partial charge on any atom is 0.407 e. The van der Waals surface area contributed by atoms with Crippen LogP contribution in [0, 0.1) is 3.57 Å². The van der Waals surface area contributed by atoms with Crippen LogP contribution in [0.3, 0.4) is 0 Å². The summed E-state index contributed by atoms with van der Waals surface area (Å²) in [6.45, 7) is 0. The Labute approximate surface area is 100 Å². The monoisotopic (exact) mass is 380 g/mol. The molecule has 0 aliphatic heterocycles. The summed E-state index contributed by atoms with van der Waals surface area (Å²) in [5.41, 5.74) is 5.09. The molecule has 1 rings (SSSR count). The van der Waals surface area contributed by atoms with Gasteiger partial charge in [0.25, 0.3) is 0 Å². The quantitative estimate of drug-likeness (QED) is 0.601. The van der Waals surface area contributed by atoms with Crippen molar-refractivity contribution in [3.8, 4) is 0 Å². The first-order valence-electron chi connectivity index (χ1n) is 3.46.